The second-order valence-corrected chi connectivity index (χ2v) is 6.75. The zero-order chi connectivity index (χ0) is 20.0. The number of ether oxygens (including phenoxy) is 2. The van der Waals surface area contributed by atoms with Crippen LogP contribution in [0, 0.1) is 5.41 Å². The van der Waals surface area contributed by atoms with E-state index >= 15 is 0 Å². The smallest absolute Gasteiger partial charge is 0.246 e. The van der Waals surface area contributed by atoms with Gasteiger partial charge in [-0.1, -0.05) is 0 Å². The van der Waals surface area contributed by atoms with Crippen molar-refractivity contribution < 1.29 is 19.1 Å². The van der Waals surface area contributed by atoms with Crippen LogP contribution in [0.25, 0.3) is 0 Å². The molecule has 1 aromatic heterocycles. The molecule has 4 N–H and O–H groups in total. The first kappa shape index (κ1) is 22.7. The normalized spacial score (nSPS) is 15.1. The van der Waals surface area contributed by atoms with Gasteiger partial charge in [-0.2, -0.15) is 5.10 Å². The summed E-state index contributed by atoms with van der Waals surface area (Å²) in [6.45, 7) is 1.34. The first-order chi connectivity index (χ1) is 13.5. The molecule has 3 rings (SSSR count). The lowest BCUT2D eigenvalue weighted by atomic mass is 9.79. The molecule has 0 radical (unpaired) electrons. The quantitative estimate of drug-likeness (QED) is 0.622. The molecule has 9 nitrogen and oxygen atoms in total. The molecule has 0 atom stereocenters. The average Bonchev–Trinajstić information content (AvgIpc) is 3.15. The van der Waals surface area contributed by atoms with Crippen molar-refractivity contribution in [3.05, 3.63) is 36.7 Å². The van der Waals surface area contributed by atoms with Gasteiger partial charge in [0.25, 0.3) is 0 Å². The number of anilines is 2. The Morgan fingerprint density at radius 1 is 1.21 bits per heavy atom. The molecule has 158 valence electrons. The second-order valence-electron chi connectivity index (χ2n) is 6.75. The van der Waals surface area contributed by atoms with Crippen LogP contribution < -0.4 is 21.1 Å². The number of nitrogens with one attached hydrogen (secondary N) is 2. The highest BCUT2D eigenvalue weighted by Crippen LogP contribution is 2.30. The minimum atomic E-state index is -0.619. The highest BCUT2D eigenvalue weighted by atomic mass is 35.5. The van der Waals surface area contributed by atoms with E-state index in [1.165, 1.54) is 10.9 Å². The van der Waals surface area contributed by atoms with Gasteiger partial charge in [-0.15, -0.1) is 12.4 Å². The highest BCUT2D eigenvalue weighted by molar-refractivity contribution is 5.95. The summed E-state index contributed by atoms with van der Waals surface area (Å²) in [5.74, 6) is 0.347. The third-order valence-electron chi connectivity index (χ3n) is 4.89. The molecule has 10 heteroatoms. The molecular weight excluding hydrogens is 398 g/mol. The summed E-state index contributed by atoms with van der Waals surface area (Å²) in [6.07, 6.45) is 4.32. The van der Waals surface area contributed by atoms with Crippen molar-refractivity contribution in [2.75, 3.05) is 37.5 Å². The zero-order valence-electron chi connectivity index (χ0n) is 16.2. The standard InChI is InChI=1S/C19H25N5O4.ClH/c1-27-16-4-2-14(3-5-16)22-17(25)12-24-11-15(10-21-24)23-18(26)19(13-20)6-8-28-9-7-19;/h2-5,10-11H,6-9,12-13,20H2,1H3,(H,22,25)(H,23,26);1H. The summed E-state index contributed by atoms with van der Waals surface area (Å²) in [5.41, 5.74) is 6.43. The van der Waals surface area contributed by atoms with Crippen molar-refractivity contribution in [1.29, 1.82) is 0 Å². The summed E-state index contributed by atoms with van der Waals surface area (Å²) < 4.78 is 11.9. The number of halogens is 1. The molecule has 2 amide bonds. The third kappa shape index (κ3) is 5.69. The number of methoxy groups -OCH3 is 1. The maximum atomic E-state index is 12.7. The Balaban J connectivity index is 0.00000300. The maximum absolute atomic E-state index is 12.7. The van der Waals surface area contributed by atoms with Crippen LogP contribution in [0.1, 0.15) is 12.8 Å². The Morgan fingerprint density at radius 3 is 2.52 bits per heavy atom. The summed E-state index contributed by atoms with van der Waals surface area (Å²) in [5, 5.41) is 9.78. The van der Waals surface area contributed by atoms with Crippen LogP contribution in [-0.4, -0.2) is 48.5 Å². The fourth-order valence-corrected chi connectivity index (χ4v) is 3.09. The number of nitrogens with zero attached hydrogens (tertiary/aromatic N) is 2. The van der Waals surface area contributed by atoms with Gasteiger partial charge in [-0.25, -0.2) is 0 Å². The Hall–Kier alpha value is -2.62. The molecule has 2 heterocycles. The number of hydrogen-bond acceptors (Lipinski definition) is 6. The van der Waals surface area contributed by atoms with Crippen molar-refractivity contribution in [3.63, 3.8) is 0 Å². The number of hydrogen-bond donors (Lipinski definition) is 3. The van der Waals surface area contributed by atoms with Gasteiger partial charge in [-0.3, -0.25) is 14.3 Å². The second kappa shape index (κ2) is 10.2. The Morgan fingerprint density at radius 2 is 1.90 bits per heavy atom. The predicted molar refractivity (Wildman–Crippen MR) is 111 cm³/mol. The van der Waals surface area contributed by atoms with E-state index in [9.17, 15) is 9.59 Å². The monoisotopic (exact) mass is 423 g/mol. The largest absolute Gasteiger partial charge is 0.497 e. The summed E-state index contributed by atoms with van der Waals surface area (Å²) >= 11 is 0. The first-order valence-electron chi connectivity index (χ1n) is 9.10. The number of nitrogens with two attached hydrogens (primary N) is 1. The fraction of sp³-hybridized carbons (Fsp3) is 0.421. The SMILES string of the molecule is COc1ccc(NC(=O)Cn2cc(NC(=O)C3(CN)CCOCC3)cn2)cc1.Cl. The number of carbonyl (C=O) groups excluding carboxylic acids is 2. The van der Waals surface area contributed by atoms with Gasteiger partial charge < -0.3 is 25.8 Å². The lowest BCUT2D eigenvalue weighted by Crippen LogP contribution is -2.46. The lowest BCUT2D eigenvalue weighted by Gasteiger charge is -2.34. The van der Waals surface area contributed by atoms with Gasteiger partial charge in [0.1, 0.15) is 12.3 Å². The summed E-state index contributed by atoms with van der Waals surface area (Å²) in [7, 11) is 1.58. The van der Waals surface area contributed by atoms with Crippen LogP contribution >= 0.6 is 12.4 Å². The molecule has 0 aliphatic carbocycles. The van der Waals surface area contributed by atoms with Gasteiger partial charge in [0.15, 0.2) is 0 Å². The third-order valence-corrected chi connectivity index (χ3v) is 4.89. The number of aromatic nitrogens is 2. The molecule has 0 spiro atoms. The Labute approximate surface area is 175 Å². The van der Waals surface area contributed by atoms with Gasteiger partial charge in [0.2, 0.25) is 11.8 Å². The van der Waals surface area contributed by atoms with E-state index in [4.69, 9.17) is 15.2 Å². The van der Waals surface area contributed by atoms with Gasteiger partial charge in [0.05, 0.1) is 24.4 Å². The van der Waals surface area contributed by atoms with Gasteiger partial charge >= 0.3 is 0 Å². The minimum absolute atomic E-state index is 0. The first-order valence-corrected chi connectivity index (χ1v) is 9.10. The summed E-state index contributed by atoms with van der Waals surface area (Å²) in [4.78, 5) is 24.9. The molecular formula is C19H26ClN5O4. The molecule has 0 saturated carbocycles. The van der Waals surface area contributed by atoms with Crippen LogP contribution in [0.4, 0.5) is 11.4 Å². The van der Waals surface area contributed by atoms with Gasteiger partial charge in [-0.05, 0) is 37.1 Å². The molecule has 1 aliphatic heterocycles. The van der Waals surface area contributed by atoms with E-state index in [0.29, 0.717) is 43.2 Å². The van der Waals surface area contributed by atoms with Crippen molar-refractivity contribution in [2.24, 2.45) is 11.1 Å². The van der Waals surface area contributed by atoms with E-state index < -0.39 is 5.41 Å². The summed E-state index contributed by atoms with van der Waals surface area (Å²) in [6, 6.07) is 7.04. The van der Waals surface area contributed by atoms with Crippen LogP contribution in [0.3, 0.4) is 0 Å². The van der Waals surface area contributed by atoms with Gasteiger partial charge in [0, 0.05) is 31.6 Å². The average molecular weight is 424 g/mol. The van der Waals surface area contributed by atoms with Crippen LogP contribution in [-0.2, 0) is 20.9 Å². The van der Waals surface area contributed by atoms with Crippen molar-refractivity contribution >= 4 is 35.6 Å². The van der Waals surface area contributed by atoms with Crippen LogP contribution in [0.15, 0.2) is 36.7 Å². The van der Waals surface area contributed by atoms with Crippen molar-refractivity contribution in [2.45, 2.75) is 19.4 Å². The molecule has 1 saturated heterocycles. The lowest BCUT2D eigenvalue weighted by molar-refractivity contribution is -0.130. The van der Waals surface area contributed by atoms with Crippen LogP contribution in [0.2, 0.25) is 0 Å². The molecule has 2 aromatic rings. The van der Waals surface area contributed by atoms with E-state index in [1.807, 2.05) is 0 Å². The molecule has 0 bridgehead atoms. The van der Waals surface area contributed by atoms with E-state index in [1.54, 1.807) is 37.6 Å². The molecule has 29 heavy (non-hydrogen) atoms. The Bertz CT molecular complexity index is 818. The van der Waals surface area contributed by atoms with E-state index in [2.05, 4.69) is 15.7 Å². The van der Waals surface area contributed by atoms with Crippen molar-refractivity contribution in [3.8, 4) is 5.75 Å². The van der Waals surface area contributed by atoms with E-state index in [-0.39, 0.29) is 37.3 Å². The van der Waals surface area contributed by atoms with Crippen molar-refractivity contribution in [1.82, 2.24) is 9.78 Å². The fourth-order valence-electron chi connectivity index (χ4n) is 3.09. The number of carbonyl (C=O) groups is 2. The zero-order valence-corrected chi connectivity index (χ0v) is 17.0. The highest BCUT2D eigenvalue weighted by Gasteiger charge is 2.38. The minimum Gasteiger partial charge on any atom is -0.497 e. The predicted octanol–water partition coefficient (Wildman–Crippen LogP) is 1.65. The van der Waals surface area contributed by atoms with E-state index in [0.717, 1.165) is 0 Å². The number of benzene rings is 1. The molecule has 1 fully saturated rings. The van der Waals surface area contributed by atoms with Crippen LogP contribution in [0.5, 0.6) is 5.75 Å². The topological polar surface area (TPSA) is 120 Å². The Kier molecular flexibility index (Phi) is 8.00. The molecule has 1 aliphatic rings. The maximum Gasteiger partial charge on any atom is 0.246 e. The molecule has 1 aromatic carbocycles. The number of rotatable bonds is 7. The molecule has 0 unspecified atom stereocenters. The number of amides is 2.